The van der Waals surface area contributed by atoms with Crippen molar-refractivity contribution in [1.82, 2.24) is 10.3 Å². The third kappa shape index (κ3) is 2.08. The maximum Gasteiger partial charge on any atom is 0.324 e. The van der Waals surface area contributed by atoms with E-state index >= 15 is 0 Å². The van der Waals surface area contributed by atoms with E-state index < -0.39 is 16.6 Å². The molecule has 2 aromatic carbocycles. The summed E-state index contributed by atoms with van der Waals surface area (Å²) in [6.07, 6.45) is 1.12. The first-order chi connectivity index (χ1) is 11.6. The molecule has 0 spiro atoms. The zero-order chi connectivity index (χ0) is 16.8. The number of halogens is 2. The summed E-state index contributed by atoms with van der Waals surface area (Å²) in [5.41, 5.74) is 0.724. The summed E-state index contributed by atoms with van der Waals surface area (Å²) in [5.74, 6) is -1.42. The van der Waals surface area contributed by atoms with Crippen LogP contribution in [0.15, 0.2) is 28.9 Å². The average molecular weight is 332 g/mol. The van der Waals surface area contributed by atoms with E-state index in [2.05, 4.69) is 14.9 Å². The van der Waals surface area contributed by atoms with Gasteiger partial charge in [0.05, 0.1) is 10.6 Å². The van der Waals surface area contributed by atoms with Crippen LogP contribution in [0, 0.1) is 21.7 Å². The molecule has 1 aliphatic rings. The molecule has 0 N–H and O–H groups in total. The summed E-state index contributed by atoms with van der Waals surface area (Å²) in [6.45, 7) is 0.368. The molecule has 0 saturated carbocycles. The van der Waals surface area contributed by atoms with E-state index in [1.54, 1.807) is 0 Å². The van der Waals surface area contributed by atoms with Crippen LogP contribution in [0.3, 0.4) is 0 Å². The zero-order valence-electron chi connectivity index (χ0n) is 12.2. The number of fused-ring (bicyclic) bond motifs is 2. The highest BCUT2D eigenvalue weighted by molar-refractivity contribution is 5.93. The lowest BCUT2D eigenvalue weighted by atomic mass is 10.00. The number of aryl methyl sites for hydroxylation is 1. The van der Waals surface area contributed by atoms with Crippen LogP contribution in [0.5, 0.6) is 0 Å². The average Bonchev–Trinajstić information content (AvgIpc) is 3.01. The van der Waals surface area contributed by atoms with E-state index in [1.165, 1.54) is 23.1 Å². The maximum absolute atomic E-state index is 14.4. The molecule has 2 heterocycles. The molecule has 1 aliphatic heterocycles. The normalized spacial score (nSPS) is 14.0. The van der Waals surface area contributed by atoms with Gasteiger partial charge in [-0.2, -0.15) is 0 Å². The minimum atomic E-state index is -0.752. The van der Waals surface area contributed by atoms with Crippen molar-refractivity contribution in [2.45, 2.75) is 12.8 Å². The van der Waals surface area contributed by atoms with Crippen LogP contribution in [0.4, 0.5) is 25.8 Å². The number of nitrogens with zero attached hydrogens (tertiary/aromatic N) is 4. The van der Waals surface area contributed by atoms with Crippen LogP contribution >= 0.6 is 0 Å². The number of benzene rings is 2. The lowest BCUT2D eigenvalue weighted by molar-refractivity contribution is -0.382. The molecule has 1 aromatic heterocycles. The van der Waals surface area contributed by atoms with Gasteiger partial charge in [0.25, 0.3) is 0 Å². The molecular formula is C15H10F2N4O3. The van der Waals surface area contributed by atoms with Gasteiger partial charge in [0.15, 0.2) is 0 Å². The molecule has 0 saturated heterocycles. The predicted molar refractivity (Wildman–Crippen MR) is 80.1 cm³/mol. The molecule has 0 atom stereocenters. The van der Waals surface area contributed by atoms with Gasteiger partial charge >= 0.3 is 5.69 Å². The van der Waals surface area contributed by atoms with Gasteiger partial charge in [-0.25, -0.2) is 13.4 Å². The van der Waals surface area contributed by atoms with Gasteiger partial charge in [-0.05, 0) is 46.9 Å². The quantitative estimate of drug-likeness (QED) is 0.527. The Morgan fingerprint density at radius 3 is 2.88 bits per heavy atom. The summed E-state index contributed by atoms with van der Waals surface area (Å²) >= 11 is 0. The van der Waals surface area contributed by atoms with Gasteiger partial charge in [0.2, 0.25) is 5.52 Å². The second kappa shape index (κ2) is 5.22. The zero-order valence-corrected chi connectivity index (χ0v) is 12.2. The van der Waals surface area contributed by atoms with Crippen molar-refractivity contribution in [2.75, 3.05) is 11.4 Å². The predicted octanol–water partition coefficient (Wildman–Crippen LogP) is 3.49. The van der Waals surface area contributed by atoms with E-state index in [4.69, 9.17) is 0 Å². The second-order valence-corrected chi connectivity index (χ2v) is 5.47. The van der Waals surface area contributed by atoms with Crippen LogP contribution in [0.2, 0.25) is 0 Å². The number of nitro benzene ring substituents is 1. The molecule has 9 heteroatoms. The van der Waals surface area contributed by atoms with Crippen LogP contribution in [0.25, 0.3) is 11.0 Å². The van der Waals surface area contributed by atoms with Gasteiger partial charge in [0, 0.05) is 12.6 Å². The Morgan fingerprint density at radius 1 is 1.25 bits per heavy atom. The minimum absolute atomic E-state index is 0.00727. The van der Waals surface area contributed by atoms with Gasteiger partial charge in [-0.3, -0.25) is 10.1 Å². The summed E-state index contributed by atoms with van der Waals surface area (Å²) in [6, 6.07) is 5.03. The molecular weight excluding hydrogens is 322 g/mol. The van der Waals surface area contributed by atoms with Gasteiger partial charge < -0.3 is 4.90 Å². The van der Waals surface area contributed by atoms with E-state index in [0.29, 0.717) is 24.9 Å². The minimum Gasteiger partial charge on any atom is -0.333 e. The van der Waals surface area contributed by atoms with E-state index in [1.807, 2.05) is 0 Å². The fourth-order valence-electron chi connectivity index (χ4n) is 3.12. The Morgan fingerprint density at radius 2 is 2.08 bits per heavy atom. The molecule has 0 unspecified atom stereocenters. The number of nitro groups is 1. The topological polar surface area (TPSA) is 85.3 Å². The Bertz CT molecular complexity index is 973. The summed E-state index contributed by atoms with van der Waals surface area (Å²) in [4.78, 5) is 12.4. The number of rotatable bonds is 2. The fraction of sp³-hybridized carbons (Fsp3) is 0.200. The molecule has 0 amide bonds. The van der Waals surface area contributed by atoms with E-state index in [-0.39, 0.29) is 28.1 Å². The molecule has 3 aromatic rings. The van der Waals surface area contributed by atoms with Crippen molar-refractivity contribution in [2.24, 2.45) is 0 Å². The summed E-state index contributed by atoms with van der Waals surface area (Å²) in [7, 11) is 0. The first-order valence-electron chi connectivity index (χ1n) is 7.21. The molecule has 4 rings (SSSR count). The molecule has 24 heavy (non-hydrogen) atoms. The highest BCUT2D eigenvalue weighted by Crippen LogP contribution is 2.42. The van der Waals surface area contributed by atoms with E-state index in [0.717, 1.165) is 6.07 Å². The molecule has 7 nitrogen and oxygen atoms in total. The first kappa shape index (κ1) is 14.5. The lowest BCUT2D eigenvalue weighted by Crippen LogP contribution is -2.26. The van der Waals surface area contributed by atoms with Crippen molar-refractivity contribution in [3.8, 4) is 0 Å². The summed E-state index contributed by atoms with van der Waals surface area (Å²) < 4.78 is 32.4. The number of anilines is 2. The van der Waals surface area contributed by atoms with Crippen LogP contribution in [-0.2, 0) is 6.42 Å². The third-order valence-electron chi connectivity index (χ3n) is 4.06. The highest BCUT2D eigenvalue weighted by Gasteiger charge is 2.31. The second-order valence-electron chi connectivity index (χ2n) is 5.47. The van der Waals surface area contributed by atoms with Crippen LogP contribution in [0.1, 0.15) is 12.0 Å². The SMILES string of the molecule is O=[N+]([O-])c1c(N2CCCc3cc(F)cc(F)c32)ccc2nonc12. The van der Waals surface area contributed by atoms with Crippen LogP contribution < -0.4 is 4.90 Å². The Balaban J connectivity index is 1.97. The largest absolute Gasteiger partial charge is 0.333 e. The van der Waals surface area contributed by atoms with Crippen molar-refractivity contribution >= 4 is 28.1 Å². The molecule has 0 radical (unpaired) electrons. The van der Waals surface area contributed by atoms with Crippen molar-refractivity contribution in [1.29, 1.82) is 0 Å². The molecule has 0 bridgehead atoms. The van der Waals surface area contributed by atoms with Gasteiger partial charge in [-0.15, -0.1) is 0 Å². The van der Waals surface area contributed by atoms with E-state index in [9.17, 15) is 18.9 Å². The number of hydrogen-bond acceptors (Lipinski definition) is 6. The number of hydrogen-bond donors (Lipinski definition) is 0. The van der Waals surface area contributed by atoms with Gasteiger partial charge in [-0.1, -0.05) is 0 Å². The lowest BCUT2D eigenvalue weighted by Gasteiger charge is -2.31. The summed E-state index contributed by atoms with van der Waals surface area (Å²) in [5, 5.41) is 18.7. The number of aromatic nitrogens is 2. The monoisotopic (exact) mass is 332 g/mol. The maximum atomic E-state index is 14.4. The molecule has 122 valence electrons. The first-order valence-corrected chi connectivity index (χ1v) is 7.21. The smallest absolute Gasteiger partial charge is 0.324 e. The Hall–Kier alpha value is -3.10. The molecule has 0 aliphatic carbocycles. The molecule has 0 fully saturated rings. The fourth-order valence-corrected chi connectivity index (χ4v) is 3.12. The van der Waals surface area contributed by atoms with Crippen LogP contribution in [-0.4, -0.2) is 21.8 Å². The van der Waals surface area contributed by atoms with Gasteiger partial charge in [0.1, 0.15) is 22.8 Å². The standard InChI is InChI=1S/C15H10F2N4O3/c16-9-6-8-2-1-5-20(14(8)10(17)7-9)12-4-3-11-13(19-24-18-11)15(12)21(22)23/h3-4,6-7H,1-2,5H2. The van der Waals surface area contributed by atoms with Crippen molar-refractivity contribution in [3.63, 3.8) is 0 Å². The van der Waals surface area contributed by atoms with Crippen molar-refractivity contribution in [3.05, 3.63) is 51.6 Å². The Labute approximate surface area is 133 Å². The highest BCUT2D eigenvalue weighted by atomic mass is 19.1. The third-order valence-corrected chi connectivity index (χ3v) is 4.06. The Kier molecular flexibility index (Phi) is 3.15. The van der Waals surface area contributed by atoms with Crippen molar-refractivity contribution < 1.29 is 18.3 Å².